The van der Waals surface area contributed by atoms with Crippen molar-refractivity contribution in [2.75, 3.05) is 26.8 Å². The van der Waals surface area contributed by atoms with Gasteiger partial charge in [-0.05, 0) is 31.0 Å². The summed E-state index contributed by atoms with van der Waals surface area (Å²) >= 11 is 0. The SMILES string of the molecule is CCOC(=O)c1ccc(CS(=O)(=O)N(C)CCCO)cc1. The molecular formula is C14H21NO5S. The second-order valence-corrected chi connectivity index (χ2v) is 6.65. The summed E-state index contributed by atoms with van der Waals surface area (Å²) in [5.74, 6) is -0.565. The van der Waals surface area contributed by atoms with E-state index in [1.54, 1.807) is 31.2 Å². The normalized spacial score (nSPS) is 11.6. The van der Waals surface area contributed by atoms with Gasteiger partial charge in [-0.25, -0.2) is 17.5 Å². The lowest BCUT2D eigenvalue weighted by Crippen LogP contribution is -2.29. The molecule has 0 atom stereocenters. The monoisotopic (exact) mass is 315 g/mol. The average molecular weight is 315 g/mol. The van der Waals surface area contributed by atoms with E-state index in [0.29, 0.717) is 24.2 Å². The first-order valence-electron chi connectivity index (χ1n) is 6.71. The fourth-order valence-corrected chi connectivity index (χ4v) is 2.95. The molecule has 1 aromatic carbocycles. The molecule has 0 aliphatic heterocycles. The maximum absolute atomic E-state index is 12.1. The Balaban J connectivity index is 2.73. The Bertz CT molecular complexity index is 553. The molecule has 0 fully saturated rings. The van der Waals surface area contributed by atoms with Crippen molar-refractivity contribution in [1.82, 2.24) is 4.31 Å². The highest BCUT2D eigenvalue weighted by molar-refractivity contribution is 7.88. The zero-order valence-electron chi connectivity index (χ0n) is 12.3. The lowest BCUT2D eigenvalue weighted by Gasteiger charge is -2.16. The average Bonchev–Trinajstić information content (AvgIpc) is 2.45. The van der Waals surface area contributed by atoms with Crippen molar-refractivity contribution < 1.29 is 23.1 Å². The molecule has 7 heteroatoms. The Morgan fingerprint density at radius 2 is 1.90 bits per heavy atom. The summed E-state index contributed by atoms with van der Waals surface area (Å²) in [6.07, 6.45) is 0.400. The van der Waals surface area contributed by atoms with Gasteiger partial charge in [0.15, 0.2) is 0 Å². The van der Waals surface area contributed by atoms with Crippen molar-refractivity contribution in [3.63, 3.8) is 0 Å². The molecule has 1 N–H and O–H groups in total. The van der Waals surface area contributed by atoms with Crippen LogP contribution in [0.4, 0.5) is 0 Å². The smallest absolute Gasteiger partial charge is 0.338 e. The topological polar surface area (TPSA) is 83.9 Å². The number of carbonyl (C=O) groups is 1. The van der Waals surface area contributed by atoms with Crippen LogP contribution in [0.15, 0.2) is 24.3 Å². The zero-order valence-corrected chi connectivity index (χ0v) is 13.1. The van der Waals surface area contributed by atoms with Crippen molar-refractivity contribution >= 4 is 16.0 Å². The van der Waals surface area contributed by atoms with Gasteiger partial charge in [0.2, 0.25) is 10.0 Å². The van der Waals surface area contributed by atoms with E-state index in [9.17, 15) is 13.2 Å². The summed E-state index contributed by atoms with van der Waals surface area (Å²) in [7, 11) is -1.94. The van der Waals surface area contributed by atoms with Gasteiger partial charge in [0.25, 0.3) is 0 Å². The number of aliphatic hydroxyl groups is 1. The standard InChI is InChI=1S/C14H21NO5S/c1-3-20-14(17)13-7-5-12(6-8-13)11-21(18,19)15(2)9-4-10-16/h5-8,16H,3-4,9-11H2,1-2H3. The fraction of sp³-hybridized carbons (Fsp3) is 0.500. The van der Waals surface area contributed by atoms with Crippen molar-refractivity contribution in [1.29, 1.82) is 0 Å². The lowest BCUT2D eigenvalue weighted by atomic mass is 10.1. The van der Waals surface area contributed by atoms with E-state index >= 15 is 0 Å². The minimum Gasteiger partial charge on any atom is -0.462 e. The number of ether oxygens (including phenoxy) is 1. The van der Waals surface area contributed by atoms with Crippen LogP contribution in [-0.4, -0.2) is 50.6 Å². The summed E-state index contributed by atoms with van der Waals surface area (Å²) in [6, 6.07) is 6.31. The lowest BCUT2D eigenvalue weighted by molar-refractivity contribution is 0.0526. The van der Waals surface area contributed by atoms with Crippen LogP contribution in [0.5, 0.6) is 0 Å². The molecule has 0 aliphatic carbocycles. The second-order valence-electron chi connectivity index (χ2n) is 4.57. The largest absolute Gasteiger partial charge is 0.462 e. The maximum Gasteiger partial charge on any atom is 0.338 e. The van der Waals surface area contributed by atoms with Crippen LogP contribution in [0.3, 0.4) is 0 Å². The molecule has 0 unspecified atom stereocenters. The first-order chi connectivity index (χ1) is 9.90. The number of hydrogen-bond acceptors (Lipinski definition) is 5. The highest BCUT2D eigenvalue weighted by atomic mass is 32.2. The van der Waals surface area contributed by atoms with Crippen LogP contribution in [-0.2, 0) is 20.5 Å². The molecule has 0 amide bonds. The van der Waals surface area contributed by atoms with Crippen molar-refractivity contribution in [3.8, 4) is 0 Å². The zero-order chi connectivity index (χ0) is 15.9. The predicted molar refractivity (Wildman–Crippen MR) is 79.4 cm³/mol. The van der Waals surface area contributed by atoms with E-state index in [1.165, 1.54) is 11.4 Å². The number of sulfonamides is 1. The van der Waals surface area contributed by atoms with E-state index in [1.807, 2.05) is 0 Å². The summed E-state index contributed by atoms with van der Waals surface area (Å²) < 4.78 is 30.2. The molecule has 0 spiro atoms. The van der Waals surface area contributed by atoms with Crippen LogP contribution in [0.1, 0.15) is 29.3 Å². The van der Waals surface area contributed by atoms with E-state index < -0.39 is 16.0 Å². The summed E-state index contributed by atoms with van der Waals surface area (Å²) in [6.45, 7) is 2.25. The Kier molecular flexibility index (Phi) is 6.80. The minimum absolute atomic E-state index is 0.0475. The third-order valence-corrected chi connectivity index (χ3v) is 4.75. The first-order valence-corrected chi connectivity index (χ1v) is 8.32. The van der Waals surface area contributed by atoms with Gasteiger partial charge in [-0.3, -0.25) is 0 Å². The van der Waals surface area contributed by atoms with Gasteiger partial charge in [-0.2, -0.15) is 0 Å². The quantitative estimate of drug-likeness (QED) is 0.724. The summed E-state index contributed by atoms with van der Waals surface area (Å²) in [5, 5.41) is 8.73. The highest BCUT2D eigenvalue weighted by Crippen LogP contribution is 2.12. The third-order valence-electron chi connectivity index (χ3n) is 2.92. The van der Waals surface area contributed by atoms with Gasteiger partial charge in [0.1, 0.15) is 0 Å². The minimum atomic E-state index is -3.42. The highest BCUT2D eigenvalue weighted by Gasteiger charge is 2.18. The molecule has 0 saturated carbocycles. The number of hydrogen-bond donors (Lipinski definition) is 1. The van der Waals surface area contributed by atoms with Crippen LogP contribution < -0.4 is 0 Å². The Labute approximate surface area is 125 Å². The molecule has 0 aliphatic rings. The van der Waals surface area contributed by atoms with Crippen LogP contribution in [0.25, 0.3) is 0 Å². The fourth-order valence-electron chi connectivity index (χ4n) is 1.70. The molecule has 0 heterocycles. The Hall–Kier alpha value is -1.44. The van der Waals surface area contributed by atoms with Gasteiger partial charge in [-0.1, -0.05) is 12.1 Å². The number of benzene rings is 1. The maximum atomic E-state index is 12.1. The van der Waals surface area contributed by atoms with Crippen molar-refractivity contribution in [3.05, 3.63) is 35.4 Å². The van der Waals surface area contributed by atoms with E-state index in [2.05, 4.69) is 0 Å². The second kappa shape index (κ2) is 8.11. The summed E-state index contributed by atoms with van der Waals surface area (Å²) in [4.78, 5) is 11.5. The third kappa shape index (κ3) is 5.45. The molecule has 0 aromatic heterocycles. The molecule has 0 saturated heterocycles. The molecule has 21 heavy (non-hydrogen) atoms. The van der Waals surface area contributed by atoms with E-state index in [4.69, 9.17) is 9.84 Å². The molecule has 1 rings (SSSR count). The molecule has 0 bridgehead atoms. The predicted octanol–water partition coefficient (Wildman–Crippen LogP) is 1.01. The van der Waals surface area contributed by atoms with Gasteiger partial charge in [-0.15, -0.1) is 0 Å². The number of aliphatic hydroxyl groups excluding tert-OH is 1. The summed E-state index contributed by atoms with van der Waals surface area (Å²) in [5.41, 5.74) is 0.991. The molecule has 0 radical (unpaired) electrons. The molecule has 1 aromatic rings. The Morgan fingerprint density at radius 1 is 1.29 bits per heavy atom. The van der Waals surface area contributed by atoms with Gasteiger partial charge in [0.05, 0.1) is 17.9 Å². The van der Waals surface area contributed by atoms with Gasteiger partial charge < -0.3 is 9.84 Å². The number of nitrogens with zero attached hydrogens (tertiary/aromatic N) is 1. The Morgan fingerprint density at radius 3 is 2.43 bits per heavy atom. The van der Waals surface area contributed by atoms with Crippen LogP contribution in [0.2, 0.25) is 0 Å². The molecular weight excluding hydrogens is 294 g/mol. The van der Waals surface area contributed by atoms with Crippen LogP contribution in [0, 0.1) is 0 Å². The molecule has 6 nitrogen and oxygen atoms in total. The number of carbonyl (C=O) groups excluding carboxylic acids is 1. The van der Waals surface area contributed by atoms with Crippen molar-refractivity contribution in [2.45, 2.75) is 19.1 Å². The van der Waals surface area contributed by atoms with Crippen molar-refractivity contribution in [2.24, 2.45) is 0 Å². The van der Waals surface area contributed by atoms with Gasteiger partial charge >= 0.3 is 5.97 Å². The number of esters is 1. The number of rotatable bonds is 8. The first kappa shape index (κ1) is 17.6. The van der Waals surface area contributed by atoms with E-state index in [-0.39, 0.29) is 18.9 Å². The van der Waals surface area contributed by atoms with Crippen LogP contribution >= 0.6 is 0 Å². The molecule has 118 valence electrons. The van der Waals surface area contributed by atoms with E-state index in [0.717, 1.165) is 0 Å². The van der Waals surface area contributed by atoms with Gasteiger partial charge in [0, 0.05) is 20.2 Å².